The first-order chi connectivity index (χ1) is 12.7. The van der Waals surface area contributed by atoms with Crippen LogP contribution in [0.5, 0.6) is 0 Å². The van der Waals surface area contributed by atoms with Crippen molar-refractivity contribution in [2.45, 2.75) is 44.6 Å². The van der Waals surface area contributed by atoms with Gasteiger partial charge in [0.15, 0.2) is 0 Å². The maximum absolute atomic E-state index is 12.0. The summed E-state index contributed by atoms with van der Waals surface area (Å²) in [6.45, 7) is 0. The molecule has 150 valence electrons. The largest absolute Gasteiger partial charge is 0.481 e. The Morgan fingerprint density at radius 2 is 1.93 bits per heavy atom. The van der Waals surface area contributed by atoms with Crippen molar-refractivity contribution < 1.29 is 23.1 Å². The van der Waals surface area contributed by atoms with E-state index in [-0.39, 0.29) is 30.9 Å². The number of nitrogens with one attached hydrogen (secondary N) is 1. The van der Waals surface area contributed by atoms with Crippen molar-refractivity contribution in [3.05, 3.63) is 35.4 Å². The Labute approximate surface area is 159 Å². The Balaban J connectivity index is 2.37. The molecule has 0 spiro atoms. The van der Waals surface area contributed by atoms with Crippen molar-refractivity contribution in [2.75, 3.05) is 12.0 Å². The number of hydrogen-bond donors (Lipinski definition) is 3. The molecule has 4 N–H and O–H groups in total. The minimum Gasteiger partial charge on any atom is -0.481 e. The van der Waals surface area contributed by atoms with Gasteiger partial charge in [0.2, 0.25) is 5.91 Å². The highest BCUT2D eigenvalue weighted by atomic mass is 32.2. The lowest BCUT2D eigenvalue weighted by atomic mass is 10.0. The van der Waals surface area contributed by atoms with E-state index >= 15 is 0 Å². The SMILES string of the molecule is CS(=O)(=O)CCC(CC(=O)O)NC(=O)CCCCc1ccc(C=NN)cc1. The van der Waals surface area contributed by atoms with Gasteiger partial charge in [-0.15, -0.1) is 0 Å². The van der Waals surface area contributed by atoms with Gasteiger partial charge < -0.3 is 16.3 Å². The van der Waals surface area contributed by atoms with Crippen LogP contribution in [0.25, 0.3) is 0 Å². The van der Waals surface area contributed by atoms with Crippen molar-refractivity contribution in [1.82, 2.24) is 5.32 Å². The smallest absolute Gasteiger partial charge is 0.305 e. The van der Waals surface area contributed by atoms with Crippen molar-refractivity contribution in [1.29, 1.82) is 0 Å². The second-order valence-electron chi connectivity index (χ2n) is 6.51. The molecule has 0 radical (unpaired) electrons. The highest BCUT2D eigenvalue weighted by Crippen LogP contribution is 2.09. The number of carbonyl (C=O) groups excluding carboxylic acids is 1. The number of hydrazone groups is 1. The number of carbonyl (C=O) groups is 2. The van der Waals surface area contributed by atoms with Crippen LogP contribution in [-0.4, -0.2) is 49.7 Å². The quantitative estimate of drug-likeness (QED) is 0.209. The predicted molar refractivity (Wildman–Crippen MR) is 104 cm³/mol. The molecule has 9 heteroatoms. The monoisotopic (exact) mass is 397 g/mol. The molecule has 0 aliphatic rings. The molecule has 1 aromatic rings. The summed E-state index contributed by atoms with van der Waals surface area (Å²) in [5.41, 5.74) is 2.06. The van der Waals surface area contributed by atoms with Gasteiger partial charge in [0.05, 0.1) is 18.4 Å². The molecule has 1 aromatic carbocycles. The van der Waals surface area contributed by atoms with Crippen LogP contribution in [0.3, 0.4) is 0 Å². The van der Waals surface area contributed by atoms with Gasteiger partial charge in [0.1, 0.15) is 9.84 Å². The van der Waals surface area contributed by atoms with E-state index in [2.05, 4.69) is 10.4 Å². The molecular weight excluding hydrogens is 370 g/mol. The lowest BCUT2D eigenvalue weighted by Gasteiger charge is -2.16. The van der Waals surface area contributed by atoms with Crippen LogP contribution in [0.1, 0.15) is 43.2 Å². The van der Waals surface area contributed by atoms with Crippen LogP contribution in [0.15, 0.2) is 29.4 Å². The van der Waals surface area contributed by atoms with E-state index in [4.69, 9.17) is 10.9 Å². The van der Waals surface area contributed by atoms with Gasteiger partial charge in [0, 0.05) is 18.7 Å². The van der Waals surface area contributed by atoms with Crippen LogP contribution < -0.4 is 11.2 Å². The van der Waals surface area contributed by atoms with E-state index in [1.54, 1.807) is 6.21 Å². The second-order valence-corrected chi connectivity index (χ2v) is 8.77. The summed E-state index contributed by atoms with van der Waals surface area (Å²) in [6, 6.07) is 7.10. The van der Waals surface area contributed by atoms with Crippen molar-refractivity contribution in [3.8, 4) is 0 Å². The molecule has 0 saturated heterocycles. The number of nitrogens with zero attached hydrogens (tertiary/aromatic N) is 1. The summed E-state index contributed by atoms with van der Waals surface area (Å²) >= 11 is 0. The van der Waals surface area contributed by atoms with Gasteiger partial charge in [0.25, 0.3) is 0 Å². The third-order valence-electron chi connectivity index (χ3n) is 3.95. The van der Waals surface area contributed by atoms with Crippen molar-refractivity contribution in [3.63, 3.8) is 0 Å². The highest BCUT2D eigenvalue weighted by molar-refractivity contribution is 7.90. The van der Waals surface area contributed by atoms with Gasteiger partial charge in [-0.05, 0) is 36.8 Å². The highest BCUT2D eigenvalue weighted by Gasteiger charge is 2.18. The zero-order valence-electron chi connectivity index (χ0n) is 15.4. The third-order valence-corrected chi connectivity index (χ3v) is 4.92. The van der Waals surface area contributed by atoms with Crippen LogP contribution in [-0.2, 0) is 25.8 Å². The summed E-state index contributed by atoms with van der Waals surface area (Å²) < 4.78 is 22.5. The fourth-order valence-corrected chi connectivity index (χ4v) is 3.28. The molecule has 0 fully saturated rings. The third kappa shape index (κ3) is 11.0. The molecule has 0 bridgehead atoms. The van der Waals surface area contributed by atoms with Gasteiger partial charge in [-0.1, -0.05) is 24.3 Å². The topological polar surface area (TPSA) is 139 Å². The first-order valence-electron chi connectivity index (χ1n) is 8.70. The minimum atomic E-state index is -3.21. The number of aliphatic carboxylic acids is 1. The molecule has 1 unspecified atom stereocenters. The normalized spacial score (nSPS) is 12.8. The Morgan fingerprint density at radius 1 is 1.26 bits per heavy atom. The fraction of sp³-hybridized carbons (Fsp3) is 0.500. The number of carboxylic acid groups (broad SMARTS) is 1. The van der Waals surface area contributed by atoms with Crippen LogP contribution in [0, 0.1) is 0 Å². The minimum absolute atomic E-state index is 0.0926. The Hall–Kier alpha value is -2.42. The standard InChI is InChI=1S/C18H27N3O5S/c1-27(25,26)11-10-16(12-18(23)24)21-17(22)5-3-2-4-14-6-8-15(9-7-14)13-20-19/h6-9,13,16H,2-5,10-12,19H2,1H3,(H,21,22)(H,23,24). The summed E-state index contributed by atoms with van der Waals surface area (Å²) in [5.74, 6) is 3.61. The van der Waals surface area contributed by atoms with E-state index in [1.807, 2.05) is 24.3 Å². The number of nitrogens with two attached hydrogens (primary N) is 1. The van der Waals surface area contributed by atoms with E-state index in [1.165, 1.54) is 0 Å². The average Bonchev–Trinajstić information content (AvgIpc) is 2.57. The Morgan fingerprint density at radius 3 is 2.48 bits per heavy atom. The maximum Gasteiger partial charge on any atom is 0.305 e. The number of rotatable bonds is 12. The molecule has 8 nitrogen and oxygen atoms in total. The number of benzene rings is 1. The zero-order valence-corrected chi connectivity index (χ0v) is 16.2. The zero-order chi connectivity index (χ0) is 20.3. The van der Waals surface area contributed by atoms with Crippen LogP contribution in [0.4, 0.5) is 0 Å². The average molecular weight is 397 g/mol. The maximum atomic E-state index is 12.0. The molecule has 1 atom stereocenters. The molecule has 1 rings (SSSR count). The molecule has 27 heavy (non-hydrogen) atoms. The number of hydrogen-bond acceptors (Lipinski definition) is 6. The van der Waals surface area contributed by atoms with Crippen LogP contribution in [0.2, 0.25) is 0 Å². The molecule has 1 amide bonds. The van der Waals surface area contributed by atoms with E-state index < -0.39 is 21.8 Å². The lowest BCUT2D eigenvalue weighted by Crippen LogP contribution is -2.37. The molecule has 0 saturated carbocycles. The van der Waals surface area contributed by atoms with Crippen molar-refractivity contribution in [2.24, 2.45) is 10.9 Å². The van der Waals surface area contributed by atoms with E-state index in [0.29, 0.717) is 6.42 Å². The Kier molecular flexibility index (Phi) is 9.49. The van der Waals surface area contributed by atoms with Crippen LogP contribution >= 0.6 is 0 Å². The summed E-state index contributed by atoms with van der Waals surface area (Å²) in [5, 5.41) is 15.0. The molecule has 0 aliphatic carbocycles. The second kappa shape index (κ2) is 11.3. The predicted octanol–water partition coefficient (Wildman–Crippen LogP) is 1.09. The number of sulfone groups is 1. The fourth-order valence-electron chi connectivity index (χ4n) is 2.56. The summed E-state index contributed by atoms with van der Waals surface area (Å²) in [4.78, 5) is 22.9. The molecule has 0 heterocycles. The molecule has 0 aromatic heterocycles. The van der Waals surface area contributed by atoms with Gasteiger partial charge in [-0.25, -0.2) is 8.42 Å². The first kappa shape index (κ1) is 22.6. The number of carboxylic acids is 1. The van der Waals surface area contributed by atoms with Crippen molar-refractivity contribution >= 4 is 27.9 Å². The lowest BCUT2D eigenvalue weighted by molar-refractivity contribution is -0.137. The number of amides is 1. The van der Waals surface area contributed by atoms with E-state index in [0.717, 1.165) is 30.2 Å². The first-order valence-corrected chi connectivity index (χ1v) is 10.8. The molecule has 0 aliphatic heterocycles. The van der Waals surface area contributed by atoms with Gasteiger partial charge >= 0.3 is 5.97 Å². The Bertz CT molecular complexity index is 745. The summed E-state index contributed by atoms with van der Waals surface area (Å²) in [6.07, 6.45) is 5.00. The number of aryl methyl sites for hydroxylation is 1. The summed E-state index contributed by atoms with van der Waals surface area (Å²) in [7, 11) is -3.21. The molecular formula is C18H27N3O5S. The van der Waals surface area contributed by atoms with E-state index in [9.17, 15) is 18.0 Å². The van der Waals surface area contributed by atoms with Gasteiger partial charge in [-0.2, -0.15) is 5.10 Å². The number of unbranched alkanes of at least 4 members (excludes halogenated alkanes) is 1. The van der Waals surface area contributed by atoms with Gasteiger partial charge in [-0.3, -0.25) is 9.59 Å².